The van der Waals surface area contributed by atoms with Gasteiger partial charge in [0.2, 0.25) is 0 Å². The number of thiophene rings is 1. The molecule has 11 aromatic rings. The van der Waals surface area contributed by atoms with Gasteiger partial charge in [0.05, 0.1) is 16.8 Å². The van der Waals surface area contributed by atoms with Crippen molar-refractivity contribution in [1.82, 2.24) is 0 Å². The third-order valence-electron chi connectivity index (χ3n) is 11.9. The molecule has 0 N–H and O–H groups in total. The molecule has 0 fully saturated rings. The van der Waals surface area contributed by atoms with E-state index in [1.54, 1.807) is 0 Å². The second-order valence-electron chi connectivity index (χ2n) is 15.2. The maximum atomic E-state index is 6.98. The molecule has 0 spiro atoms. The quantitative estimate of drug-likeness (QED) is 0.181. The summed E-state index contributed by atoms with van der Waals surface area (Å²) in [5, 5.41) is 6.99. The number of rotatable bonds is 4. The molecule has 3 aromatic heterocycles. The van der Waals surface area contributed by atoms with Crippen LogP contribution < -0.4 is 4.90 Å². The Morgan fingerprint density at radius 3 is 2.11 bits per heavy atom. The van der Waals surface area contributed by atoms with Crippen molar-refractivity contribution < 1.29 is 8.83 Å². The molecule has 0 atom stereocenters. The molecule has 0 bridgehead atoms. The number of hydrogen-bond donors (Lipinski definition) is 0. The molecule has 4 heteroatoms. The van der Waals surface area contributed by atoms with Crippen LogP contribution in [-0.4, -0.2) is 0 Å². The van der Waals surface area contributed by atoms with Gasteiger partial charge in [0, 0.05) is 53.0 Å². The summed E-state index contributed by atoms with van der Waals surface area (Å²) in [5.41, 5.74) is 14.2. The van der Waals surface area contributed by atoms with Gasteiger partial charge in [0.25, 0.3) is 0 Å². The molecule has 55 heavy (non-hydrogen) atoms. The van der Waals surface area contributed by atoms with Crippen LogP contribution in [0.2, 0.25) is 0 Å². The summed E-state index contributed by atoms with van der Waals surface area (Å²) in [4.78, 5) is 2.46. The van der Waals surface area contributed by atoms with Gasteiger partial charge in [-0.3, -0.25) is 0 Å². The lowest BCUT2D eigenvalue weighted by Crippen LogP contribution is -2.14. The van der Waals surface area contributed by atoms with Crippen molar-refractivity contribution in [3.63, 3.8) is 0 Å². The maximum Gasteiger partial charge on any atom is 0.143 e. The lowest BCUT2D eigenvalue weighted by molar-refractivity contribution is 0.653. The average Bonchev–Trinajstić information content (AvgIpc) is 3.96. The summed E-state index contributed by atoms with van der Waals surface area (Å²) in [6.07, 6.45) is 0. The largest absolute Gasteiger partial charge is 0.456 e. The van der Waals surface area contributed by atoms with Crippen LogP contribution in [0.4, 0.5) is 17.1 Å². The molecule has 0 amide bonds. The van der Waals surface area contributed by atoms with Crippen molar-refractivity contribution >= 4 is 92.4 Å². The molecule has 0 unspecified atom stereocenters. The normalized spacial score (nSPS) is 13.4. The van der Waals surface area contributed by atoms with Gasteiger partial charge in [-0.2, -0.15) is 0 Å². The first-order chi connectivity index (χ1) is 27.0. The van der Waals surface area contributed by atoms with Gasteiger partial charge in [-0.1, -0.05) is 117 Å². The fraction of sp³-hybridized carbons (Fsp3) is 0.0588. The van der Waals surface area contributed by atoms with E-state index in [4.69, 9.17) is 8.83 Å². The summed E-state index contributed by atoms with van der Waals surface area (Å²) < 4.78 is 15.7. The van der Waals surface area contributed by atoms with Crippen LogP contribution in [0.5, 0.6) is 0 Å². The van der Waals surface area contributed by atoms with Gasteiger partial charge in [-0.05, 0) is 88.5 Å². The Balaban J connectivity index is 1.13. The standard InChI is InChI=1S/C51H33NO2S/c1-51(2)38-17-6-3-15-34(38)47-39(51)26-25-36-48-40(18-10-21-44(48)54-50(36)47)52(41-19-11-23-46-49(41)35-16-5-8-22-45(35)55-46)32-13-9-12-30(28-32)31-24-27-43-37(29-31)33-14-4-7-20-42(33)53-43/h3-29H,1-2H3. The van der Waals surface area contributed by atoms with Crippen LogP contribution in [0, 0.1) is 0 Å². The highest BCUT2D eigenvalue weighted by molar-refractivity contribution is 7.26. The monoisotopic (exact) mass is 723 g/mol. The van der Waals surface area contributed by atoms with Crippen molar-refractivity contribution in [1.29, 1.82) is 0 Å². The Morgan fingerprint density at radius 2 is 1.18 bits per heavy atom. The van der Waals surface area contributed by atoms with Gasteiger partial charge in [0.1, 0.15) is 22.3 Å². The van der Waals surface area contributed by atoms with E-state index in [1.165, 1.54) is 42.4 Å². The van der Waals surface area contributed by atoms with Gasteiger partial charge in [0.15, 0.2) is 0 Å². The molecule has 3 heterocycles. The smallest absolute Gasteiger partial charge is 0.143 e. The Kier molecular flexibility index (Phi) is 6.27. The molecule has 1 aliphatic rings. The fourth-order valence-corrected chi connectivity index (χ4v) is 10.4. The lowest BCUT2D eigenvalue weighted by Gasteiger charge is -2.27. The van der Waals surface area contributed by atoms with Crippen molar-refractivity contribution in [3.8, 4) is 22.3 Å². The summed E-state index contributed by atoms with van der Waals surface area (Å²) in [6.45, 7) is 4.65. The summed E-state index contributed by atoms with van der Waals surface area (Å²) >= 11 is 1.85. The van der Waals surface area contributed by atoms with Crippen LogP contribution in [0.25, 0.3) is 86.3 Å². The number of nitrogens with zero attached hydrogens (tertiary/aromatic N) is 1. The minimum absolute atomic E-state index is 0.115. The number of fused-ring (bicyclic) bond motifs is 13. The molecule has 3 nitrogen and oxygen atoms in total. The molecule has 8 aromatic carbocycles. The molecule has 260 valence electrons. The average molecular weight is 724 g/mol. The van der Waals surface area contributed by atoms with Gasteiger partial charge < -0.3 is 13.7 Å². The molecule has 0 saturated carbocycles. The second-order valence-corrected chi connectivity index (χ2v) is 16.3. The van der Waals surface area contributed by atoms with Crippen molar-refractivity contribution in [3.05, 3.63) is 175 Å². The van der Waals surface area contributed by atoms with Gasteiger partial charge in [-0.25, -0.2) is 0 Å². The van der Waals surface area contributed by atoms with Crippen LogP contribution in [0.1, 0.15) is 25.0 Å². The van der Waals surface area contributed by atoms with E-state index in [9.17, 15) is 0 Å². The minimum Gasteiger partial charge on any atom is -0.456 e. The zero-order valence-electron chi connectivity index (χ0n) is 30.3. The number of furan rings is 2. The first-order valence-corrected chi connectivity index (χ1v) is 19.7. The van der Waals surface area contributed by atoms with Crippen LogP contribution in [-0.2, 0) is 5.41 Å². The molecule has 0 radical (unpaired) electrons. The Hall–Kier alpha value is -6.62. The number of para-hydroxylation sites is 1. The molecule has 1 aliphatic carbocycles. The van der Waals surface area contributed by atoms with E-state index >= 15 is 0 Å². The van der Waals surface area contributed by atoms with Gasteiger partial charge >= 0.3 is 0 Å². The Morgan fingerprint density at radius 1 is 0.473 bits per heavy atom. The summed E-state index contributed by atoms with van der Waals surface area (Å²) in [7, 11) is 0. The second kappa shape index (κ2) is 11.2. The zero-order valence-corrected chi connectivity index (χ0v) is 31.1. The Bertz CT molecular complexity index is 3380. The number of hydrogen-bond acceptors (Lipinski definition) is 4. The van der Waals surface area contributed by atoms with E-state index in [0.717, 1.165) is 72.1 Å². The topological polar surface area (TPSA) is 29.5 Å². The number of benzene rings is 8. The first kappa shape index (κ1) is 30.8. The molecular formula is C51H33NO2S. The van der Waals surface area contributed by atoms with E-state index in [0.29, 0.717) is 0 Å². The minimum atomic E-state index is -0.115. The van der Waals surface area contributed by atoms with E-state index in [2.05, 4.69) is 170 Å². The fourth-order valence-electron chi connectivity index (χ4n) is 9.32. The molecule has 0 aliphatic heterocycles. The lowest BCUT2D eigenvalue weighted by atomic mass is 9.82. The SMILES string of the molecule is CC1(C)c2ccccc2-c2c1ccc1c2oc2cccc(N(c3cccc(-c4ccc5oc6ccccc6c5c4)c3)c3cccc4sc5ccccc5c34)c21. The highest BCUT2D eigenvalue weighted by Crippen LogP contribution is 2.54. The highest BCUT2D eigenvalue weighted by atomic mass is 32.1. The maximum absolute atomic E-state index is 6.98. The zero-order chi connectivity index (χ0) is 36.4. The van der Waals surface area contributed by atoms with E-state index in [-0.39, 0.29) is 5.41 Å². The highest BCUT2D eigenvalue weighted by Gasteiger charge is 2.37. The molecule has 12 rings (SSSR count). The summed E-state index contributed by atoms with van der Waals surface area (Å²) in [6, 6.07) is 59.2. The van der Waals surface area contributed by atoms with Crippen molar-refractivity contribution in [2.75, 3.05) is 4.90 Å². The van der Waals surface area contributed by atoms with Crippen LogP contribution in [0.3, 0.4) is 0 Å². The van der Waals surface area contributed by atoms with E-state index in [1.807, 2.05) is 23.5 Å². The third-order valence-corrected chi connectivity index (χ3v) is 13.0. The predicted octanol–water partition coefficient (Wildman–Crippen LogP) is 15.3. The van der Waals surface area contributed by atoms with Crippen molar-refractivity contribution in [2.24, 2.45) is 0 Å². The molecule has 0 saturated heterocycles. The van der Waals surface area contributed by atoms with Crippen LogP contribution in [0.15, 0.2) is 173 Å². The van der Waals surface area contributed by atoms with Gasteiger partial charge in [-0.15, -0.1) is 11.3 Å². The molecular weight excluding hydrogens is 691 g/mol. The summed E-state index contributed by atoms with van der Waals surface area (Å²) in [5.74, 6) is 0. The van der Waals surface area contributed by atoms with E-state index < -0.39 is 0 Å². The third kappa shape index (κ3) is 4.31. The number of anilines is 3. The van der Waals surface area contributed by atoms with Crippen LogP contribution >= 0.6 is 11.3 Å². The first-order valence-electron chi connectivity index (χ1n) is 18.8. The Labute approximate surface area is 321 Å². The van der Waals surface area contributed by atoms with Crippen molar-refractivity contribution in [2.45, 2.75) is 19.3 Å². The predicted molar refractivity (Wildman–Crippen MR) is 232 cm³/mol.